The van der Waals surface area contributed by atoms with E-state index in [1.54, 1.807) is 12.4 Å². The van der Waals surface area contributed by atoms with Gasteiger partial charge in [-0.15, -0.1) is 0 Å². The topological polar surface area (TPSA) is 60.9 Å². The first kappa shape index (κ1) is 26.2. The van der Waals surface area contributed by atoms with E-state index in [2.05, 4.69) is 154 Å². The van der Waals surface area contributed by atoms with Gasteiger partial charge in [0, 0.05) is 25.6 Å². The quantitative estimate of drug-likeness (QED) is 0.222. The van der Waals surface area contributed by atoms with E-state index in [4.69, 9.17) is 9.97 Å². The van der Waals surface area contributed by atoms with Crippen molar-refractivity contribution in [1.82, 2.24) is 20.2 Å². The summed E-state index contributed by atoms with van der Waals surface area (Å²) in [4.78, 5) is 14.3. The number of anilines is 2. The molecule has 0 bridgehead atoms. The second-order valence-corrected chi connectivity index (χ2v) is 12.7. The first-order valence-electron chi connectivity index (χ1n) is 16.0. The van der Waals surface area contributed by atoms with E-state index in [0.29, 0.717) is 6.67 Å². The summed E-state index contributed by atoms with van der Waals surface area (Å²) in [6.07, 6.45) is 5.44. The number of nitrogens with zero attached hydrogens (tertiary/aromatic N) is 5. The summed E-state index contributed by atoms with van der Waals surface area (Å²) in [5, 5.41) is 7.84. The number of hydrogen-bond acceptors (Lipinski definition) is 5. The van der Waals surface area contributed by atoms with Gasteiger partial charge in [-0.2, -0.15) is 5.10 Å². The highest BCUT2D eigenvalue weighted by atomic mass is 15.4. The Morgan fingerprint density at radius 2 is 1.02 bits per heavy atom. The molecule has 0 atom stereocenters. The zero-order valence-electron chi connectivity index (χ0n) is 25.8. The molecule has 7 aromatic rings. The van der Waals surface area contributed by atoms with Gasteiger partial charge in [0.2, 0.25) is 0 Å². The van der Waals surface area contributed by atoms with E-state index in [1.807, 2.05) is 6.20 Å². The molecular formula is C41H30N6. The summed E-state index contributed by atoms with van der Waals surface area (Å²) in [5.41, 5.74) is 12.3. The molecule has 5 aromatic carbocycles. The van der Waals surface area contributed by atoms with Crippen LogP contribution in [0.5, 0.6) is 0 Å². The Bertz CT molecular complexity index is 2230. The average Bonchev–Trinajstić information content (AvgIpc) is 3.91. The Kier molecular flexibility index (Phi) is 5.30. The summed E-state index contributed by atoms with van der Waals surface area (Å²) in [6, 6.07) is 46.7. The lowest BCUT2D eigenvalue weighted by Crippen LogP contribution is -2.48. The lowest BCUT2D eigenvalue weighted by Gasteiger charge is -2.42. The predicted molar refractivity (Wildman–Crippen MR) is 185 cm³/mol. The second-order valence-electron chi connectivity index (χ2n) is 12.7. The molecule has 0 radical (unpaired) electrons. The molecule has 3 heterocycles. The molecule has 2 aliphatic carbocycles. The van der Waals surface area contributed by atoms with Crippen LogP contribution in [0.25, 0.3) is 22.3 Å². The van der Waals surface area contributed by atoms with Crippen molar-refractivity contribution in [3.8, 4) is 22.3 Å². The number of fused-ring (bicyclic) bond motifs is 7. The van der Waals surface area contributed by atoms with Crippen LogP contribution in [0, 0.1) is 0 Å². The molecule has 0 saturated heterocycles. The number of benzene rings is 5. The molecule has 0 unspecified atom stereocenters. The minimum absolute atomic E-state index is 0.535. The number of H-pyrrole nitrogens is 1. The molecule has 3 aliphatic rings. The summed E-state index contributed by atoms with van der Waals surface area (Å²) < 4.78 is 0. The first-order chi connectivity index (χ1) is 23.2. The number of hydrogen-bond donors (Lipinski definition) is 1. The van der Waals surface area contributed by atoms with Crippen LogP contribution in [-0.2, 0) is 11.0 Å². The Balaban J connectivity index is 1.25. The number of aromatic amines is 1. The van der Waals surface area contributed by atoms with Crippen LogP contribution in [0.4, 0.5) is 11.6 Å². The summed E-state index contributed by atoms with van der Waals surface area (Å²) in [5.74, 6) is 1.78. The number of nitrogens with one attached hydrogen (secondary N) is 1. The van der Waals surface area contributed by atoms with E-state index in [9.17, 15) is 0 Å². The highest BCUT2D eigenvalue weighted by Gasteiger charge is 2.53. The van der Waals surface area contributed by atoms with Gasteiger partial charge in [-0.05, 0) is 61.7 Å². The van der Waals surface area contributed by atoms with Gasteiger partial charge in [-0.3, -0.25) is 5.10 Å². The van der Waals surface area contributed by atoms with E-state index in [-0.39, 0.29) is 0 Å². The number of rotatable bonds is 4. The van der Waals surface area contributed by atoms with E-state index in [1.165, 1.54) is 55.6 Å². The normalized spacial score (nSPS) is 15.9. The van der Waals surface area contributed by atoms with Gasteiger partial charge in [0.15, 0.2) is 11.6 Å². The Hall–Kier alpha value is -6.01. The fraction of sp³-hybridized carbons (Fsp3) is 0.0976. The van der Waals surface area contributed by atoms with Crippen LogP contribution in [0.1, 0.15) is 39.1 Å². The Morgan fingerprint density at radius 1 is 0.532 bits per heavy atom. The summed E-state index contributed by atoms with van der Waals surface area (Å²) in [6.45, 7) is 0.655. The third kappa shape index (κ3) is 3.21. The first-order valence-corrected chi connectivity index (χ1v) is 16.0. The van der Waals surface area contributed by atoms with Crippen molar-refractivity contribution in [3.63, 3.8) is 0 Å². The monoisotopic (exact) mass is 606 g/mol. The van der Waals surface area contributed by atoms with Crippen LogP contribution in [0.3, 0.4) is 0 Å². The predicted octanol–water partition coefficient (Wildman–Crippen LogP) is 7.75. The van der Waals surface area contributed by atoms with Gasteiger partial charge in [0.25, 0.3) is 0 Å². The summed E-state index contributed by atoms with van der Waals surface area (Å²) in [7, 11) is 2.10. The van der Waals surface area contributed by atoms with E-state index < -0.39 is 11.0 Å². The van der Waals surface area contributed by atoms with Crippen molar-refractivity contribution in [3.05, 3.63) is 185 Å². The molecular weight excluding hydrogens is 576 g/mol. The van der Waals surface area contributed by atoms with Crippen molar-refractivity contribution in [1.29, 1.82) is 0 Å². The maximum absolute atomic E-state index is 4.94. The van der Waals surface area contributed by atoms with Crippen molar-refractivity contribution >= 4 is 11.6 Å². The largest absolute Gasteiger partial charge is 0.339 e. The molecule has 224 valence electrons. The molecule has 0 spiro atoms. The van der Waals surface area contributed by atoms with Gasteiger partial charge >= 0.3 is 0 Å². The van der Waals surface area contributed by atoms with E-state index in [0.717, 1.165) is 17.3 Å². The zero-order valence-corrected chi connectivity index (χ0v) is 25.8. The van der Waals surface area contributed by atoms with Crippen molar-refractivity contribution in [2.75, 3.05) is 23.5 Å². The Labute approximate surface area is 273 Å². The zero-order chi connectivity index (χ0) is 31.2. The maximum atomic E-state index is 4.94. The van der Waals surface area contributed by atoms with Crippen molar-refractivity contribution < 1.29 is 0 Å². The standard InChI is InChI=1S/C41H30N6/c1-46-26-47(39-38(46)42-24-25-43-39)41(35-16-8-4-12-31(35)32-13-5-9-17-36(32)41)28-20-18-27(19-21-28)40(37-22-23-44-45-37)33-14-6-2-10-29(33)30-11-3-7-15-34(30)40/h2-25H,26H2,1H3,(H,44,45). The lowest BCUT2D eigenvalue weighted by atomic mass is 9.69. The third-order valence-electron chi connectivity index (χ3n) is 10.6. The molecule has 0 saturated carbocycles. The van der Waals surface area contributed by atoms with Crippen LogP contribution in [0.2, 0.25) is 0 Å². The highest BCUT2D eigenvalue weighted by molar-refractivity contribution is 5.89. The molecule has 6 heteroatoms. The SMILES string of the molecule is CN1CN(C2(c3ccc(C4(c5ccn[nH]5)c5ccccc5-c5ccccc54)cc3)c3ccccc3-c3ccccc32)c2nccnc21. The second kappa shape index (κ2) is 9.50. The molecule has 6 nitrogen and oxygen atoms in total. The minimum atomic E-state index is -0.617. The van der Waals surface area contributed by atoms with E-state index >= 15 is 0 Å². The highest BCUT2D eigenvalue weighted by Crippen LogP contribution is 2.59. The number of aromatic nitrogens is 4. The van der Waals surface area contributed by atoms with Gasteiger partial charge in [-0.1, -0.05) is 121 Å². The van der Waals surface area contributed by atoms with Gasteiger partial charge in [0.1, 0.15) is 5.54 Å². The smallest absolute Gasteiger partial charge is 0.174 e. The lowest BCUT2D eigenvalue weighted by molar-refractivity contribution is 0.579. The molecule has 0 fully saturated rings. The van der Waals surface area contributed by atoms with Crippen LogP contribution >= 0.6 is 0 Å². The van der Waals surface area contributed by atoms with Gasteiger partial charge in [-0.25, -0.2) is 9.97 Å². The van der Waals surface area contributed by atoms with Gasteiger partial charge < -0.3 is 9.80 Å². The Morgan fingerprint density at radius 3 is 1.57 bits per heavy atom. The van der Waals surface area contributed by atoms with Crippen LogP contribution < -0.4 is 9.80 Å². The maximum Gasteiger partial charge on any atom is 0.174 e. The molecule has 2 aromatic heterocycles. The van der Waals surface area contributed by atoms with Crippen molar-refractivity contribution in [2.45, 2.75) is 11.0 Å². The van der Waals surface area contributed by atoms with Crippen molar-refractivity contribution in [2.24, 2.45) is 0 Å². The average molecular weight is 607 g/mol. The molecule has 1 N–H and O–H groups in total. The van der Waals surface area contributed by atoms with Gasteiger partial charge in [0.05, 0.1) is 17.8 Å². The molecule has 47 heavy (non-hydrogen) atoms. The third-order valence-corrected chi connectivity index (χ3v) is 10.6. The van der Waals surface area contributed by atoms with Crippen LogP contribution in [-0.4, -0.2) is 33.9 Å². The molecule has 0 amide bonds. The minimum Gasteiger partial charge on any atom is -0.339 e. The fourth-order valence-electron chi connectivity index (χ4n) is 8.78. The van der Waals surface area contributed by atoms with Crippen LogP contribution in [0.15, 0.2) is 146 Å². The molecule has 1 aliphatic heterocycles. The fourth-order valence-corrected chi connectivity index (χ4v) is 8.78. The molecule has 10 rings (SSSR count). The summed E-state index contributed by atoms with van der Waals surface area (Å²) >= 11 is 0.